The van der Waals surface area contributed by atoms with Crippen molar-refractivity contribution in [2.24, 2.45) is 0 Å². The van der Waals surface area contributed by atoms with Gasteiger partial charge in [-0.25, -0.2) is 4.39 Å². The van der Waals surface area contributed by atoms with E-state index in [4.69, 9.17) is 4.74 Å². The predicted molar refractivity (Wildman–Crippen MR) is 50.6 cm³/mol. The highest BCUT2D eigenvalue weighted by Gasteiger charge is 2.16. The third-order valence-corrected chi connectivity index (χ3v) is 2.17. The normalized spacial score (nSPS) is 14.0. The lowest BCUT2D eigenvalue weighted by Gasteiger charge is -2.16. The Morgan fingerprint density at radius 3 is 3.00 bits per heavy atom. The monoisotopic (exact) mass is 192 g/mol. The summed E-state index contributed by atoms with van der Waals surface area (Å²) in [5.74, 6) is 0.0508. The first-order valence-electron chi connectivity index (χ1n) is 4.31. The standard InChI is InChI=1S/C11H9FO2/c1-7(13)8-5-9-10(12)3-2-4-11(9)14-6-8/h2-5H,6H2,1H3. The molecule has 0 N–H and O–H groups in total. The highest BCUT2D eigenvalue weighted by atomic mass is 19.1. The van der Waals surface area contributed by atoms with Crippen LogP contribution in [0.5, 0.6) is 5.75 Å². The molecule has 0 radical (unpaired) electrons. The molecular formula is C11H9FO2. The van der Waals surface area contributed by atoms with Crippen molar-refractivity contribution in [2.45, 2.75) is 6.92 Å². The van der Waals surface area contributed by atoms with Crippen molar-refractivity contribution in [3.63, 3.8) is 0 Å². The first kappa shape index (κ1) is 8.94. The number of rotatable bonds is 1. The van der Waals surface area contributed by atoms with Gasteiger partial charge in [-0.3, -0.25) is 4.79 Å². The lowest BCUT2D eigenvalue weighted by Crippen LogP contribution is -2.13. The van der Waals surface area contributed by atoms with E-state index in [-0.39, 0.29) is 18.2 Å². The Morgan fingerprint density at radius 1 is 1.50 bits per heavy atom. The number of hydrogen-bond acceptors (Lipinski definition) is 2. The lowest BCUT2D eigenvalue weighted by molar-refractivity contribution is -0.113. The summed E-state index contributed by atoms with van der Waals surface area (Å²) < 4.78 is 18.5. The molecule has 0 saturated carbocycles. The Balaban J connectivity index is 2.52. The van der Waals surface area contributed by atoms with Gasteiger partial charge in [0, 0.05) is 5.57 Å². The summed E-state index contributed by atoms with van der Waals surface area (Å²) in [6.45, 7) is 1.67. The van der Waals surface area contributed by atoms with Crippen LogP contribution in [0, 0.1) is 5.82 Å². The van der Waals surface area contributed by atoms with Gasteiger partial charge in [-0.05, 0) is 25.1 Å². The van der Waals surface area contributed by atoms with E-state index in [9.17, 15) is 9.18 Å². The zero-order chi connectivity index (χ0) is 10.1. The average Bonchev–Trinajstić information content (AvgIpc) is 2.18. The predicted octanol–water partition coefficient (Wildman–Crippen LogP) is 2.19. The molecule has 1 aromatic rings. The number of fused-ring (bicyclic) bond motifs is 1. The minimum absolute atomic E-state index is 0.0843. The van der Waals surface area contributed by atoms with Crippen molar-refractivity contribution in [2.75, 3.05) is 6.61 Å². The zero-order valence-electron chi connectivity index (χ0n) is 7.71. The molecule has 0 amide bonds. The van der Waals surface area contributed by atoms with Gasteiger partial charge in [0.1, 0.15) is 18.2 Å². The first-order valence-corrected chi connectivity index (χ1v) is 4.31. The molecule has 14 heavy (non-hydrogen) atoms. The minimum atomic E-state index is -0.360. The number of halogens is 1. The average molecular weight is 192 g/mol. The van der Waals surface area contributed by atoms with Crippen molar-refractivity contribution in [3.05, 3.63) is 35.2 Å². The molecule has 2 nitrogen and oxygen atoms in total. The molecule has 72 valence electrons. The highest BCUT2D eigenvalue weighted by molar-refractivity contribution is 5.99. The fraction of sp³-hybridized carbons (Fsp3) is 0.182. The number of carbonyl (C=O) groups is 1. The maximum atomic E-state index is 13.3. The van der Waals surface area contributed by atoms with Crippen LogP contribution in [0.25, 0.3) is 6.08 Å². The van der Waals surface area contributed by atoms with Crippen LogP contribution < -0.4 is 4.74 Å². The Labute approximate surface area is 81.0 Å². The third kappa shape index (κ3) is 1.41. The molecular weight excluding hydrogens is 183 g/mol. The molecule has 0 bridgehead atoms. The van der Waals surface area contributed by atoms with Gasteiger partial charge < -0.3 is 4.74 Å². The molecule has 0 fully saturated rings. The summed E-state index contributed by atoms with van der Waals surface area (Å²) >= 11 is 0. The molecule has 0 saturated heterocycles. The smallest absolute Gasteiger partial charge is 0.159 e. The Hall–Kier alpha value is -1.64. The molecule has 1 aliphatic rings. The molecule has 0 atom stereocenters. The summed E-state index contributed by atoms with van der Waals surface area (Å²) in [6, 6.07) is 4.62. The van der Waals surface area contributed by atoms with Gasteiger partial charge in [0.15, 0.2) is 5.78 Å². The van der Waals surface area contributed by atoms with E-state index in [1.165, 1.54) is 13.0 Å². The van der Waals surface area contributed by atoms with Crippen LogP contribution >= 0.6 is 0 Å². The van der Waals surface area contributed by atoms with Crippen molar-refractivity contribution in [1.29, 1.82) is 0 Å². The van der Waals surface area contributed by atoms with Crippen LogP contribution in [0.4, 0.5) is 4.39 Å². The van der Waals surface area contributed by atoms with E-state index < -0.39 is 0 Å². The minimum Gasteiger partial charge on any atom is -0.488 e. The van der Waals surface area contributed by atoms with E-state index in [1.807, 2.05) is 0 Å². The first-order chi connectivity index (χ1) is 6.68. The van der Waals surface area contributed by atoms with Gasteiger partial charge >= 0.3 is 0 Å². The molecule has 1 aromatic carbocycles. The Bertz CT molecular complexity index is 421. The maximum Gasteiger partial charge on any atom is 0.159 e. The van der Waals surface area contributed by atoms with Gasteiger partial charge in [0.2, 0.25) is 0 Å². The van der Waals surface area contributed by atoms with Crippen LogP contribution in [0.2, 0.25) is 0 Å². The largest absolute Gasteiger partial charge is 0.488 e. The van der Waals surface area contributed by atoms with Crippen LogP contribution in [0.1, 0.15) is 12.5 Å². The molecule has 0 spiro atoms. The summed E-state index contributed by atoms with van der Waals surface area (Å²) in [4.78, 5) is 11.0. The number of carbonyl (C=O) groups excluding carboxylic acids is 1. The van der Waals surface area contributed by atoms with Crippen LogP contribution in [0.3, 0.4) is 0 Å². The number of Topliss-reactive ketones (excluding diaryl/α,β-unsaturated/α-hetero) is 1. The Kier molecular flexibility index (Phi) is 2.08. The van der Waals surface area contributed by atoms with Gasteiger partial charge in [0.25, 0.3) is 0 Å². The molecule has 0 aromatic heterocycles. The molecule has 1 aliphatic heterocycles. The van der Waals surface area contributed by atoms with E-state index in [0.717, 1.165) is 0 Å². The van der Waals surface area contributed by atoms with Crippen molar-refractivity contribution >= 4 is 11.9 Å². The summed E-state index contributed by atoms with van der Waals surface area (Å²) in [5.41, 5.74) is 0.867. The topological polar surface area (TPSA) is 26.3 Å². The van der Waals surface area contributed by atoms with Crippen LogP contribution in [-0.4, -0.2) is 12.4 Å². The summed E-state index contributed by atoms with van der Waals surface area (Å²) in [5, 5.41) is 0. The molecule has 3 heteroatoms. The summed E-state index contributed by atoms with van der Waals surface area (Å²) in [6.07, 6.45) is 1.55. The second kappa shape index (κ2) is 3.25. The van der Waals surface area contributed by atoms with Crippen molar-refractivity contribution in [3.8, 4) is 5.75 Å². The van der Waals surface area contributed by atoms with E-state index >= 15 is 0 Å². The molecule has 1 heterocycles. The fourth-order valence-electron chi connectivity index (χ4n) is 1.36. The number of ether oxygens (including phenoxy) is 1. The zero-order valence-corrected chi connectivity index (χ0v) is 7.71. The number of ketones is 1. The maximum absolute atomic E-state index is 13.3. The molecule has 0 unspecified atom stereocenters. The lowest BCUT2D eigenvalue weighted by atomic mass is 10.0. The SMILES string of the molecule is CC(=O)C1=Cc2c(F)cccc2OC1. The Morgan fingerprint density at radius 2 is 2.29 bits per heavy atom. The quantitative estimate of drug-likeness (QED) is 0.681. The van der Waals surface area contributed by atoms with Crippen molar-refractivity contribution in [1.82, 2.24) is 0 Å². The second-order valence-corrected chi connectivity index (χ2v) is 3.17. The van der Waals surface area contributed by atoms with Crippen molar-refractivity contribution < 1.29 is 13.9 Å². The molecule has 0 aliphatic carbocycles. The van der Waals surface area contributed by atoms with Gasteiger partial charge in [0.05, 0.1) is 5.56 Å². The molecule has 2 rings (SSSR count). The van der Waals surface area contributed by atoms with Gasteiger partial charge in [-0.1, -0.05) is 6.07 Å². The fourth-order valence-corrected chi connectivity index (χ4v) is 1.36. The third-order valence-electron chi connectivity index (χ3n) is 2.17. The second-order valence-electron chi connectivity index (χ2n) is 3.17. The van der Waals surface area contributed by atoms with Gasteiger partial charge in [-0.2, -0.15) is 0 Å². The summed E-state index contributed by atoms with van der Waals surface area (Å²) in [7, 11) is 0. The van der Waals surface area contributed by atoms with E-state index in [0.29, 0.717) is 16.9 Å². The van der Waals surface area contributed by atoms with Gasteiger partial charge in [-0.15, -0.1) is 0 Å². The number of benzene rings is 1. The number of hydrogen-bond donors (Lipinski definition) is 0. The highest BCUT2D eigenvalue weighted by Crippen LogP contribution is 2.28. The van der Waals surface area contributed by atoms with E-state index in [1.54, 1.807) is 18.2 Å². The van der Waals surface area contributed by atoms with Crippen LogP contribution in [0.15, 0.2) is 23.8 Å². The van der Waals surface area contributed by atoms with Crippen LogP contribution in [-0.2, 0) is 4.79 Å². The van der Waals surface area contributed by atoms with E-state index in [2.05, 4.69) is 0 Å².